The molecule has 2 nitrogen and oxygen atoms in total. The van der Waals surface area contributed by atoms with Crippen LogP contribution in [0.1, 0.15) is 25.0 Å². The first-order chi connectivity index (χ1) is 9.60. The summed E-state index contributed by atoms with van der Waals surface area (Å²) < 4.78 is 0. The zero-order valence-corrected chi connectivity index (χ0v) is 12.4. The predicted molar refractivity (Wildman–Crippen MR) is 83.6 cm³/mol. The molecule has 2 rings (SSSR count). The van der Waals surface area contributed by atoms with Gasteiger partial charge in [-0.25, -0.2) is 0 Å². The third kappa shape index (κ3) is 2.62. The summed E-state index contributed by atoms with van der Waals surface area (Å²) in [5.41, 5.74) is 0.796. The second kappa shape index (κ2) is 6.21. The minimum atomic E-state index is -1.04. The molecule has 2 aromatic rings. The van der Waals surface area contributed by atoms with Crippen LogP contribution in [-0.4, -0.2) is 18.2 Å². The van der Waals surface area contributed by atoms with E-state index in [9.17, 15) is 5.11 Å². The van der Waals surface area contributed by atoms with Crippen LogP contribution < -0.4 is 5.32 Å². The van der Waals surface area contributed by atoms with E-state index in [-0.39, 0.29) is 6.04 Å². The molecule has 0 aliphatic rings. The van der Waals surface area contributed by atoms with E-state index in [1.54, 1.807) is 0 Å². The van der Waals surface area contributed by atoms with Gasteiger partial charge in [-0.3, -0.25) is 0 Å². The smallest absolute Gasteiger partial charge is 0.130 e. The van der Waals surface area contributed by atoms with Crippen molar-refractivity contribution >= 4 is 0 Å². The zero-order chi connectivity index (χ0) is 14.6. The molecule has 1 unspecified atom stereocenters. The average molecular weight is 269 g/mol. The van der Waals surface area contributed by atoms with Gasteiger partial charge in [0.05, 0.1) is 0 Å². The average Bonchev–Trinajstić information content (AvgIpc) is 2.49. The van der Waals surface area contributed by atoms with Crippen LogP contribution >= 0.6 is 0 Å². The maximum atomic E-state index is 11.5. The van der Waals surface area contributed by atoms with Crippen molar-refractivity contribution in [3.63, 3.8) is 0 Å². The fraction of sp³-hybridized carbons (Fsp3) is 0.333. The van der Waals surface area contributed by atoms with Gasteiger partial charge in [-0.1, -0.05) is 74.5 Å². The number of aliphatic hydroxyl groups is 1. The fourth-order valence-corrected chi connectivity index (χ4v) is 2.93. The lowest BCUT2D eigenvalue weighted by Gasteiger charge is -2.39. The molecule has 0 fully saturated rings. The number of benzene rings is 2. The predicted octanol–water partition coefficient (Wildman–Crippen LogP) is 3.17. The standard InChI is InChI=1S/C18H23NO/c1-14(2)17(19-3)18(20,15-10-6-4-7-11-15)16-12-8-5-9-13-16/h4-14,17,19-20H,1-3H3. The molecular weight excluding hydrogens is 246 g/mol. The molecule has 0 aliphatic heterocycles. The summed E-state index contributed by atoms with van der Waals surface area (Å²) in [7, 11) is 1.90. The topological polar surface area (TPSA) is 32.3 Å². The van der Waals surface area contributed by atoms with Crippen LogP contribution in [-0.2, 0) is 5.60 Å². The summed E-state index contributed by atoms with van der Waals surface area (Å²) in [6.45, 7) is 4.25. The normalized spacial score (nSPS) is 13.4. The van der Waals surface area contributed by atoms with Crippen LogP contribution in [0.5, 0.6) is 0 Å². The molecule has 0 saturated heterocycles. The van der Waals surface area contributed by atoms with E-state index >= 15 is 0 Å². The van der Waals surface area contributed by atoms with Crippen LogP contribution in [0.4, 0.5) is 0 Å². The maximum Gasteiger partial charge on any atom is 0.130 e. The Labute approximate surface area is 121 Å². The van der Waals surface area contributed by atoms with Crippen LogP contribution in [0, 0.1) is 5.92 Å². The molecule has 0 aromatic heterocycles. The zero-order valence-electron chi connectivity index (χ0n) is 12.4. The molecule has 0 radical (unpaired) electrons. The molecule has 2 heteroatoms. The first kappa shape index (κ1) is 14.8. The van der Waals surface area contributed by atoms with E-state index in [0.717, 1.165) is 11.1 Å². The Morgan fingerprint density at radius 1 is 0.850 bits per heavy atom. The SMILES string of the molecule is CNC(C(C)C)C(O)(c1ccccc1)c1ccccc1. The second-order valence-corrected chi connectivity index (χ2v) is 5.51. The highest BCUT2D eigenvalue weighted by Gasteiger charge is 2.40. The number of rotatable bonds is 5. The van der Waals surface area contributed by atoms with Crippen LogP contribution in [0.25, 0.3) is 0 Å². The molecule has 106 valence electrons. The first-order valence-corrected chi connectivity index (χ1v) is 7.11. The molecule has 0 bridgehead atoms. The molecule has 0 aliphatic carbocycles. The van der Waals surface area contributed by atoms with Gasteiger partial charge in [-0.05, 0) is 24.1 Å². The van der Waals surface area contributed by atoms with Crippen LogP contribution in [0.3, 0.4) is 0 Å². The highest BCUT2D eigenvalue weighted by Crippen LogP contribution is 2.35. The van der Waals surface area contributed by atoms with E-state index < -0.39 is 5.60 Å². The number of hydrogen-bond donors (Lipinski definition) is 2. The third-order valence-corrected chi connectivity index (χ3v) is 3.86. The first-order valence-electron chi connectivity index (χ1n) is 7.11. The molecule has 2 N–H and O–H groups in total. The lowest BCUT2D eigenvalue weighted by molar-refractivity contribution is 0.0223. The van der Waals surface area contributed by atoms with Crippen LogP contribution in [0.2, 0.25) is 0 Å². The highest BCUT2D eigenvalue weighted by molar-refractivity contribution is 5.38. The summed E-state index contributed by atoms with van der Waals surface area (Å²) in [5.74, 6) is 0.297. The molecule has 2 aromatic carbocycles. The van der Waals surface area contributed by atoms with Gasteiger partial charge in [-0.2, -0.15) is 0 Å². The van der Waals surface area contributed by atoms with Crippen molar-refractivity contribution in [1.29, 1.82) is 0 Å². The monoisotopic (exact) mass is 269 g/mol. The third-order valence-electron chi connectivity index (χ3n) is 3.86. The van der Waals surface area contributed by atoms with Crippen molar-refractivity contribution in [2.75, 3.05) is 7.05 Å². The van der Waals surface area contributed by atoms with Crippen molar-refractivity contribution in [2.24, 2.45) is 5.92 Å². The molecule has 0 saturated carbocycles. The lowest BCUT2D eigenvalue weighted by Crippen LogP contribution is -2.51. The summed E-state index contributed by atoms with van der Waals surface area (Å²) in [6, 6.07) is 19.7. The summed E-state index contributed by atoms with van der Waals surface area (Å²) in [6.07, 6.45) is 0. The summed E-state index contributed by atoms with van der Waals surface area (Å²) in [5, 5.41) is 14.8. The van der Waals surface area contributed by atoms with Crippen molar-refractivity contribution in [1.82, 2.24) is 5.32 Å². The minimum absolute atomic E-state index is 0.0627. The summed E-state index contributed by atoms with van der Waals surface area (Å²) in [4.78, 5) is 0. The largest absolute Gasteiger partial charge is 0.379 e. The van der Waals surface area contributed by atoms with Crippen molar-refractivity contribution < 1.29 is 5.11 Å². The lowest BCUT2D eigenvalue weighted by atomic mass is 9.76. The molecule has 1 atom stereocenters. The maximum absolute atomic E-state index is 11.5. The van der Waals surface area contributed by atoms with Gasteiger partial charge in [0.25, 0.3) is 0 Å². The van der Waals surface area contributed by atoms with E-state index in [1.165, 1.54) is 0 Å². The van der Waals surface area contributed by atoms with Gasteiger partial charge in [0.2, 0.25) is 0 Å². The Morgan fingerprint density at radius 3 is 1.55 bits per heavy atom. The fourth-order valence-electron chi connectivity index (χ4n) is 2.93. The summed E-state index contributed by atoms with van der Waals surface area (Å²) >= 11 is 0. The Balaban J connectivity index is 2.60. The van der Waals surface area contributed by atoms with Crippen LogP contribution in [0.15, 0.2) is 60.7 Å². The van der Waals surface area contributed by atoms with E-state index in [4.69, 9.17) is 0 Å². The Hall–Kier alpha value is -1.64. The van der Waals surface area contributed by atoms with Gasteiger partial charge in [-0.15, -0.1) is 0 Å². The minimum Gasteiger partial charge on any atom is -0.379 e. The number of likely N-dealkylation sites (N-methyl/N-ethyl adjacent to an activating group) is 1. The number of nitrogens with one attached hydrogen (secondary N) is 1. The van der Waals surface area contributed by atoms with E-state index in [1.807, 2.05) is 67.7 Å². The Kier molecular flexibility index (Phi) is 4.58. The van der Waals surface area contributed by atoms with Crippen molar-refractivity contribution in [3.05, 3.63) is 71.8 Å². The highest BCUT2D eigenvalue weighted by atomic mass is 16.3. The Morgan fingerprint density at radius 2 is 1.25 bits per heavy atom. The van der Waals surface area contributed by atoms with E-state index in [0.29, 0.717) is 5.92 Å². The molecular formula is C18H23NO. The quantitative estimate of drug-likeness (QED) is 0.874. The Bertz CT molecular complexity index is 482. The van der Waals surface area contributed by atoms with Gasteiger partial charge < -0.3 is 10.4 Å². The molecule has 0 amide bonds. The van der Waals surface area contributed by atoms with Crippen molar-refractivity contribution in [3.8, 4) is 0 Å². The number of hydrogen-bond acceptors (Lipinski definition) is 2. The second-order valence-electron chi connectivity index (χ2n) is 5.51. The molecule has 0 heterocycles. The molecule has 0 spiro atoms. The van der Waals surface area contributed by atoms with Gasteiger partial charge >= 0.3 is 0 Å². The van der Waals surface area contributed by atoms with Gasteiger partial charge in [0.15, 0.2) is 0 Å². The molecule has 20 heavy (non-hydrogen) atoms. The van der Waals surface area contributed by atoms with Gasteiger partial charge in [0.1, 0.15) is 5.60 Å². The van der Waals surface area contributed by atoms with E-state index in [2.05, 4.69) is 19.2 Å². The van der Waals surface area contributed by atoms with Gasteiger partial charge in [0, 0.05) is 6.04 Å². The van der Waals surface area contributed by atoms with Crippen molar-refractivity contribution in [2.45, 2.75) is 25.5 Å².